The number of hydrogen-bond donors (Lipinski definition) is 2. The predicted molar refractivity (Wildman–Crippen MR) is 87.7 cm³/mol. The number of rotatable bonds is 5. The number of aromatic nitrogens is 1. The summed E-state index contributed by atoms with van der Waals surface area (Å²) in [6.45, 7) is 0.390. The second kappa shape index (κ2) is 6.13. The number of nitrogens with one attached hydrogen (secondary N) is 1. The van der Waals surface area contributed by atoms with Crippen molar-refractivity contribution in [3.63, 3.8) is 0 Å². The van der Waals surface area contributed by atoms with E-state index in [-0.39, 0.29) is 5.91 Å². The van der Waals surface area contributed by atoms with Gasteiger partial charge in [0.2, 0.25) is 5.91 Å². The standard InChI is InChI=1S/C18H24N2O2/c1-20-12-14(15-6-2-3-7-16(15)20)8-9-17(21)19-13-18(22)10-4-5-11-18/h2-3,6-7,12,22H,4-5,8-11,13H2,1H3,(H,19,21). The minimum Gasteiger partial charge on any atom is -0.388 e. The molecule has 22 heavy (non-hydrogen) atoms. The number of aliphatic hydroxyl groups is 1. The van der Waals surface area contributed by atoms with Gasteiger partial charge in [-0.2, -0.15) is 0 Å². The minimum atomic E-state index is -0.672. The van der Waals surface area contributed by atoms with Gasteiger partial charge in [0.15, 0.2) is 0 Å². The van der Waals surface area contributed by atoms with E-state index in [0.717, 1.165) is 32.1 Å². The number of para-hydroxylation sites is 1. The zero-order valence-corrected chi connectivity index (χ0v) is 13.1. The van der Waals surface area contributed by atoms with E-state index in [9.17, 15) is 9.90 Å². The van der Waals surface area contributed by atoms with Crippen molar-refractivity contribution in [3.8, 4) is 0 Å². The third-order valence-electron chi connectivity index (χ3n) is 4.75. The van der Waals surface area contributed by atoms with Gasteiger partial charge in [-0.1, -0.05) is 31.0 Å². The number of hydrogen-bond acceptors (Lipinski definition) is 2. The lowest BCUT2D eigenvalue weighted by Crippen LogP contribution is -2.40. The molecule has 3 rings (SSSR count). The van der Waals surface area contributed by atoms with Crippen molar-refractivity contribution < 1.29 is 9.90 Å². The van der Waals surface area contributed by atoms with Gasteiger partial charge < -0.3 is 15.0 Å². The van der Waals surface area contributed by atoms with Crippen LogP contribution >= 0.6 is 0 Å². The van der Waals surface area contributed by atoms with Crippen LogP contribution in [0.25, 0.3) is 10.9 Å². The Morgan fingerprint density at radius 3 is 2.82 bits per heavy atom. The fourth-order valence-electron chi connectivity index (χ4n) is 3.43. The third-order valence-corrected chi connectivity index (χ3v) is 4.75. The van der Waals surface area contributed by atoms with Gasteiger partial charge in [0.05, 0.1) is 5.60 Å². The van der Waals surface area contributed by atoms with Crippen LogP contribution in [-0.4, -0.2) is 27.7 Å². The fraction of sp³-hybridized carbons (Fsp3) is 0.500. The molecule has 4 heteroatoms. The average molecular weight is 300 g/mol. The number of benzene rings is 1. The number of nitrogens with zero attached hydrogens (tertiary/aromatic N) is 1. The minimum absolute atomic E-state index is 0.0215. The summed E-state index contributed by atoms with van der Waals surface area (Å²) in [7, 11) is 2.03. The van der Waals surface area contributed by atoms with E-state index < -0.39 is 5.60 Å². The van der Waals surface area contributed by atoms with Gasteiger partial charge in [0.25, 0.3) is 0 Å². The summed E-state index contributed by atoms with van der Waals surface area (Å²) < 4.78 is 2.10. The normalized spacial score (nSPS) is 17.0. The highest BCUT2D eigenvalue weighted by atomic mass is 16.3. The van der Waals surface area contributed by atoms with Crippen molar-refractivity contribution in [2.45, 2.75) is 44.1 Å². The van der Waals surface area contributed by atoms with E-state index in [2.05, 4.69) is 28.2 Å². The molecule has 118 valence electrons. The van der Waals surface area contributed by atoms with Crippen LogP contribution in [-0.2, 0) is 18.3 Å². The maximum Gasteiger partial charge on any atom is 0.220 e. The Balaban J connectivity index is 1.56. The zero-order valence-electron chi connectivity index (χ0n) is 13.1. The van der Waals surface area contributed by atoms with Crippen LogP contribution in [0.15, 0.2) is 30.5 Å². The summed E-state index contributed by atoms with van der Waals surface area (Å²) in [5.41, 5.74) is 1.72. The van der Waals surface area contributed by atoms with E-state index >= 15 is 0 Å². The van der Waals surface area contributed by atoms with Gasteiger partial charge in [0.1, 0.15) is 0 Å². The maximum atomic E-state index is 12.0. The van der Waals surface area contributed by atoms with Gasteiger partial charge in [-0.25, -0.2) is 0 Å². The van der Waals surface area contributed by atoms with Gasteiger partial charge in [0, 0.05) is 37.1 Å². The quantitative estimate of drug-likeness (QED) is 0.891. The molecule has 1 aromatic carbocycles. The van der Waals surface area contributed by atoms with Crippen molar-refractivity contribution >= 4 is 16.8 Å². The van der Waals surface area contributed by atoms with E-state index in [1.54, 1.807) is 0 Å². The van der Waals surface area contributed by atoms with Gasteiger partial charge >= 0.3 is 0 Å². The van der Waals surface area contributed by atoms with Crippen molar-refractivity contribution in [1.29, 1.82) is 0 Å². The summed E-state index contributed by atoms with van der Waals surface area (Å²) >= 11 is 0. The second-order valence-corrected chi connectivity index (χ2v) is 6.49. The molecule has 0 saturated heterocycles. The van der Waals surface area contributed by atoms with Crippen LogP contribution < -0.4 is 5.32 Å². The van der Waals surface area contributed by atoms with Gasteiger partial charge in [-0.3, -0.25) is 4.79 Å². The zero-order chi connectivity index (χ0) is 15.6. The molecule has 2 N–H and O–H groups in total. The van der Waals surface area contributed by atoms with Crippen LogP contribution in [0.3, 0.4) is 0 Å². The molecule has 0 unspecified atom stereocenters. The first-order valence-corrected chi connectivity index (χ1v) is 8.09. The lowest BCUT2D eigenvalue weighted by Gasteiger charge is -2.22. The van der Waals surface area contributed by atoms with Crippen LogP contribution in [0.4, 0.5) is 0 Å². The fourth-order valence-corrected chi connectivity index (χ4v) is 3.43. The molecule has 1 heterocycles. The van der Waals surface area contributed by atoms with Crippen molar-refractivity contribution in [2.24, 2.45) is 7.05 Å². The first kappa shape index (κ1) is 15.1. The maximum absolute atomic E-state index is 12.0. The van der Waals surface area contributed by atoms with Crippen LogP contribution in [0.2, 0.25) is 0 Å². The molecule has 1 saturated carbocycles. The lowest BCUT2D eigenvalue weighted by molar-refractivity contribution is -0.122. The first-order valence-electron chi connectivity index (χ1n) is 8.09. The highest BCUT2D eigenvalue weighted by Crippen LogP contribution is 2.28. The van der Waals surface area contributed by atoms with Gasteiger partial charge in [-0.15, -0.1) is 0 Å². The molecule has 1 aliphatic carbocycles. The molecule has 4 nitrogen and oxygen atoms in total. The third kappa shape index (κ3) is 3.17. The molecule has 1 aliphatic rings. The first-order chi connectivity index (χ1) is 10.6. The Hall–Kier alpha value is -1.81. The molecular formula is C18H24N2O2. The number of amides is 1. The molecule has 2 aromatic rings. The molecule has 0 spiro atoms. The van der Waals surface area contributed by atoms with Gasteiger partial charge in [-0.05, 0) is 30.9 Å². The van der Waals surface area contributed by atoms with Crippen molar-refractivity contribution in [2.75, 3.05) is 6.54 Å². The second-order valence-electron chi connectivity index (χ2n) is 6.49. The molecule has 1 aromatic heterocycles. The van der Waals surface area contributed by atoms with Crippen molar-refractivity contribution in [3.05, 3.63) is 36.0 Å². The molecule has 1 amide bonds. The summed E-state index contributed by atoms with van der Waals surface area (Å²) in [4.78, 5) is 12.0. The van der Waals surface area contributed by atoms with E-state index in [0.29, 0.717) is 13.0 Å². The number of carbonyl (C=O) groups is 1. The monoisotopic (exact) mass is 300 g/mol. The van der Waals surface area contributed by atoms with Crippen LogP contribution in [0.5, 0.6) is 0 Å². The highest BCUT2D eigenvalue weighted by molar-refractivity contribution is 5.84. The number of fused-ring (bicyclic) bond motifs is 1. The van der Waals surface area contributed by atoms with Crippen LogP contribution in [0.1, 0.15) is 37.7 Å². The molecule has 0 radical (unpaired) electrons. The Morgan fingerprint density at radius 1 is 1.32 bits per heavy atom. The Bertz CT molecular complexity index is 669. The molecule has 0 aliphatic heterocycles. The summed E-state index contributed by atoms with van der Waals surface area (Å²) in [5.74, 6) is 0.0215. The number of carbonyl (C=O) groups excluding carboxylic acids is 1. The molecular weight excluding hydrogens is 276 g/mol. The molecule has 1 fully saturated rings. The summed E-state index contributed by atoms with van der Waals surface area (Å²) in [6.07, 6.45) is 7.01. The van der Waals surface area contributed by atoms with E-state index in [4.69, 9.17) is 0 Å². The largest absolute Gasteiger partial charge is 0.388 e. The van der Waals surface area contributed by atoms with Crippen LogP contribution in [0, 0.1) is 0 Å². The summed E-state index contributed by atoms with van der Waals surface area (Å²) in [5, 5.41) is 14.4. The lowest BCUT2D eigenvalue weighted by atomic mass is 10.0. The topological polar surface area (TPSA) is 54.3 Å². The van der Waals surface area contributed by atoms with E-state index in [1.165, 1.54) is 16.5 Å². The average Bonchev–Trinajstić information content (AvgIpc) is 3.09. The highest BCUT2D eigenvalue weighted by Gasteiger charge is 2.31. The number of aryl methyl sites for hydroxylation is 2. The van der Waals surface area contributed by atoms with Crippen molar-refractivity contribution in [1.82, 2.24) is 9.88 Å². The Labute approximate surface area is 131 Å². The predicted octanol–water partition coefficient (Wildman–Crippen LogP) is 2.53. The Kier molecular flexibility index (Phi) is 4.21. The SMILES string of the molecule is Cn1cc(CCC(=O)NCC2(O)CCCC2)c2ccccc21. The molecule has 0 bridgehead atoms. The van der Waals surface area contributed by atoms with E-state index in [1.807, 2.05) is 19.2 Å². The Morgan fingerprint density at radius 2 is 2.05 bits per heavy atom. The molecule has 0 atom stereocenters. The smallest absolute Gasteiger partial charge is 0.220 e. The summed E-state index contributed by atoms with van der Waals surface area (Å²) in [6, 6.07) is 8.25.